The van der Waals surface area contributed by atoms with Crippen molar-refractivity contribution in [2.24, 2.45) is 0 Å². The van der Waals surface area contributed by atoms with E-state index in [0.717, 1.165) is 25.1 Å². The Morgan fingerprint density at radius 1 is 1.47 bits per heavy atom. The van der Waals surface area contributed by atoms with Crippen LogP contribution >= 0.6 is 0 Å². The van der Waals surface area contributed by atoms with Gasteiger partial charge in [-0.3, -0.25) is 4.90 Å². The molecule has 1 amide bonds. The molecule has 5 nitrogen and oxygen atoms in total. The second-order valence-electron chi connectivity index (χ2n) is 4.30. The lowest BCUT2D eigenvalue weighted by Gasteiger charge is -2.25. The normalized spacial score (nSPS) is 19.2. The van der Waals surface area contributed by atoms with E-state index in [0.29, 0.717) is 12.2 Å². The highest BCUT2D eigenvalue weighted by Crippen LogP contribution is 2.14. The first kappa shape index (κ1) is 11.7. The molecule has 0 saturated carbocycles. The number of carboxylic acid groups (broad SMARTS) is 1. The van der Waals surface area contributed by atoms with Gasteiger partial charge in [-0.05, 0) is 30.7 Å². The molecular weight excluding hydrogens is 218 g/mol. The predicted octanol–water partition coefficient (Wildman–Crippen LogP) is 1.11. The van der Waals surface area contributed by atoms with Crippen molar-refractivity contribution in [2.75, 3.05) is 18.8 Å². The first-order chi connectivity index (χ1) is 8.16. The van der Waals surface area contributed by atoms with Crippen LogP contribution in [0.5, 0.6) is 0 Å². The van der Waals surface area contributed by atoms with Crippen molar-refractivity contribution in [3.63, 3.8) is 0 Å². The highest BCUT2D eigenvalue weighted by Gasteiger charge is 2.26. The number of hydrogen-bond acceptors (Lipinski definition) is 3. The molecule has 0 radical (unpaired) electrons. The molecule has 4 N–H and O–H groups in total. The maximum absolute atomic E-state index is 11.2. The monoisotopic (exact) mass is 235 g/mol. The molecule has 1 aromatic rings. The summed E-state index contributed by atoms with van der Waals surface area (Å²) in [5.41, 5.74) is 7.26. The molecular formula is C12H17N3O2. The van der Waals surface area contributed by atoms with Crippen LogP contribution < -0.4 is 11.1 Å². The highest BCUT2D eigenvalue weighted by atomic mass is 16.4. The van der Waals surface area contributed by atoms with Crippen LogP contribution in [0.25, 0.3) is 0 Å². The number of nitrogens with one attached hydrogen (secondary N) is 1. The van der Waals surface area contributed by atoms with Crippen LogP contribution in [0.4, 0.5) is 10.5 Å². The smallest absolute Gasteiger partial charge is 0.407 e. The van der Waals surface area contributed by atoms with Gasteiger partial charge in [-0.15, -0.1) is 0 Å². The Morgan fingerprint density at radius 3 is 2.71 bits per heavy atom. The van der Waals surface area contributed by atoms with Crippen LogP contribution in [0.2, 0.25) is 0 Å². The topological polar surface area (TPSA) is 78.6 Å². The van der Waals surface area contributed by atoms with Crippen molar-refractivity contribution >= 4 is 11.8 Å². The van der Waals surface area contributed by atoms with Gasteiger partial charge in [0, 0.05) is 24.8 Å². The number of benzene rings is 1. The maximum Gasteiger partial charge on any atom is 0.407 e. The quantitative estimate of drug-likeness (QED) is 0.686. The third-order valence-corrected chi connectivity index (χ3v) is 3.05. The third-order valence-electron chi connectivity index (χ3n) is 3.05. The number of carbonyl (C=O) groups is 1. The zero-order valence-corrected chi connectivity index (χ0v) is 9.60. The molecule has 2 rings (SSSR count). The number of amides is 1. The van der Waals surface area contributed by atoms with E-state index in [1.165, 1.54) is 4.90 Å². The Bertz CT molecular complexity index is 385. The molecule has 0 aliphatic carbocycles. The van der Waals surface area contributed by atoms with Crippen LogP contribution in [-0.2, 0) is 6.54 Å². The second kappa shape index (κ2) is 5.05. The maximum atomic E-state index is 11.2. The van der Waals surface area contributed by atoms with Gasteiger partial charge in [-0.1, -0.05) is 12.1 Å². The molecule has 0 bridgehead atoms. The number of nitrogens with two attached hydrogens (primary N) is 1. The molecule has 17 heavy (non-hydrogen) atoms. The number of anilines is 1. The second-order valence-corrected chi connectivity index (χ2v) is 4.30. The fourth-order valence-corrected chi connectivity index (χ4v) is 2.08. The summed E-state index contributed by atoms with van der Waals surface area (Å²) < 4.78 is 0. The van der Waals surface area contributed by atoms with E-state index in [-0.39, 0.29) is 6.04 Å². The van der Waals surface area contributed by atoms with Crippen molar-refractivity contribution in [1.82, 2.24) is 10.2 Å². The van der Waals surface area contributed by atoms with Crippen LogP contribution in [0, 0.1) is 0 Å². The molecule has 1 heterocycles. The summed E-state index contributed by atoms with van der Waals surface area (Å²) in [4.78, 5) is 12.7. The van der Waals surface area contributed by atoms with E-state index in [1.54, 1.807) is 12.1 Å². The SMILES string of the molecule is Nc1ccc(CN(C(=O)O)C2CCNC2)cc1. The first-order valence-corrected chi connectivity index (χ1v) is 5.71. The molecule has 1 atom stereocenters. The predicted molar refractivity (Wildman–Crippen MR) is 65.7 cm³/mol. The molecule has 1 aliphatic heterocycles. The molecule has 0 aromatic heterocycles. The van der Waals surface area contributed by atoms with Gasteiger partial charge in [0.2, 0.25) is 0 Å². The number of nitrogens with zero attached hydrogens (tertiary/aromatic N) is 1. The number of hydrogen-bond donors (Lipinski definition) is 3. The highest BCUT2D eigenvalue weighted by molar-refractivity contribution is 5.65. The van der Waals surface area contributed by atoms with Gasteiger partial charge in [-0.25, -0.2) is 4.79 Å². The van der Waals surface area contributed by atoms with Crippen molar-refractivity contribution in [3.8, 4) is 0 Å². The van der Waals surface area contributed by atoms with Crippen LogP contribution in [0.1, 0.15) is 12.0 Å². The van der Waals surface area contributed by atoms with Crippen LogP contribution in [0.15, 0.2) is 24.3 Å². The van der Waals surface area contributed by atoms with Gasteiger partial charge in [0.1, 0.15) is 0 Å². The molecule has 1 aliphatic rings. The summed E-state index contributed by atoms with van der Waals surface area (Å²) in [6.07, 6.45) is 0.0110. The van der Waals surface area contributed by atoms with Gasteiger partial charge >= 0.3 is 6.09 Å². The van der Waals surface area contributed by atoms with Crippen molar-refractivity contribution in [2.45, 2.75) is 19.0 Å². The Morgan fingerprint density at radius 2 is 2.18 bits per heavy atom. The molecule has 5 heteroatoms. The third kappa shape index (κ3) is 2.88. The minimum absolute atomic E-state index is 0.0741. The fourth-order valence-electron chi connectivity index (χ4n) is 2.08. The minimum atomic E-state index is -0.865. The van der Waals surface area contributed by atoms with Crippen LogP contribution in [0.3, 0.4) is 0 Å². The minimum Gasteiger partial charge on any atom is -0.465 e. The summed E-state index contributed by atoms with van der Waals surface area (Å²) in [6, 6.07) is 7.40. The number of rotatable bonds is 3. The molecule has 1 saturated heterocycles. The summed E-state index contributed by atoms with van der Waals surface area (Å²) in [5.74, 6) is 0. The van der Waals surface area contributed by atoms with E-state index in [9.17, 15) is 9.90 Å². The molecule has 92 valence electrons. The van der Waals surface area contributed by atoms with Crippen molar-refractivity contribution in [1.29, 1.82) is 0 Å². The molecule has 0 spiro atoms. The average Bonchev–Trinajstić information content (AvgIpc) is 2.81. The van der Waals surface area contributed by atoms with E-state index < -0.39 is 6.09 Å². The standard InChI is InChI=1S/C12H17N3O2/c13-10-3-1-9(2-4-10)8-15(12(16)17)11-5-6-14-7-11/h1-4,11,14H,5-8,13H2,(H,16,17). The summed E-state index contributed by atoms with van der Waals surface area (Å²) in [7, 11) is 0. The lowest BCUT2D eigenvalue weighted by molar-refractivity contribution is 0.124. The fraction of sp³-hybridized carbons (Fsp3) is 0.417. The first-order valence-electron chi connectivity index (χ1n) is 5.71. The molecule has 1 aromatic carbocycles. The van der Waals surface area contributed by atoms with Gasteiger partial charge < -0.3 is 16.2 Å². The zero-order valence-electron chi connectivity index (χ0n) is 9.60. The molecule has 1 unspecified atom stereocenters. The van der Waals surface area contributed by atoms with Gasteiger partial charge in [0.15, 0.2) is 0 Å². The number of nitrogen functional groups attached to an aromatic ring is 1. The Kier molecular flexibility index (Phi) is 3.49. The Balaban J connectivity index is 2.06. The van der Waals surface area contributed by atoms with E-state index >= 15 is 0 Å². The van der Waals surface area contributed by atoms with Crippen molar-refractivity contribution in [3.05, 3.63) is 29.8 Å². The lowest BCUT2D eigenvalue weighted by atomic mass is 10.1. The average molecular weight is 235 g/mol. The van der Waals surface area contributed by atoms with Crippen LogP contribution in [-0.4, -0.2) is 35.2 Å². The lowest BCUT2D eigenvalue weighted by Crippen LogP contribution is -2.40. The van der Waals surface area contributed by atoms with E-state index in [2.05, 4.69) is 5.32 Å². The van der Waals surface area contributed by atoms with E-state index in [4.69, 9.17) is 5.73 Å². The largest absolute Gasteiger partial charge is 0.465 e. The Hall–Kier alpha value is -1.75. The summed E-state index contributed by atoms with van der Waals surface area (Å²) in [5, 5.41) is 12.4. The zero-order chi connectivity index (χ0) is 12.3. The summed E-state index contributed by atoms with van der Waals surface area (Å²) in [6.45, 7) is 2.04. The summed E-state index contributed by atoms with van der Waals surface area (Å²) >= 11 is 0. The van der Waals surface area contributed by atoms with Crippen molar-refractivity contribution < 1.29 is 9.90 Å². The molecule has 1 fully saturated rings. The van der Waals surface area contributed by atoms with E-state index in [1.807, 2.05) is 12.1 Å². The van der Waals surface area contributed by atoms with Gasteiger partial charge in [-0.2, -0.15) is 0 Å². The Labute approximate surface area is 100 Å². The van der Waals surface area contributed by atoms with Gasteiger partial charge in [0.25, 0.3) is 0 Å². The van der Waals surface area contributed by atoms with Gasteiger partial charge in [0.05, 0.1) is 0 Å².